The van der Waals surface area contributed by atoms with Gasteiger partial charge in [-0.2, -0.15) is 5.26 Å². The summed E-state index contributed by atoms with van der Waals surface area (Å²) >= 11 is 0. The van der Waals surface area contributed by atoms with E-state index in [2.05, 4.69) is 38.4 Å². The highest BCUT2D eigenvalue weighted by Crippen LogP contribution is 2.29. The minimum atomic E-state index is -0.913. The molecular formula is C27H28N6O4. The first kappa shape index (κ1) is 24.3. The summed E-state index contributed by atoms with van der Waals surface area (Å²) in [6, 6.07) is 17.5. The number of rotatable bonds is 6. The smallest absolute Gasteiger partial charge is 0.407 e. The van der Waals surface area contributed by atoms with Crippen LogP contribution in [0.15, 0.2) is 54.7 Å². The maximum absolute atomic E-state index is 11.1. The lowest BCUT2D eigenvalue weighted by Crippen LogP contribution is -2.41. The van der Waals surface area contributed by atoms with Gasteiger partial charge >= 0.3 is 6.09 Å². The Balaban J connectivity index is 1.25. The molecule has 1 amide bonds. The van der Waals surface area contributed by atoms with Gasteiger partial charge in [0.15, 0.2) is 0 Å². The SMILES string of the molecule is N#Cc1cc(-c2ccnc(Nc3ccc(N4CCOCC4)cc3)n2)ccc1OC1CCN(C(=O)O)CC1. The first-order valence-corrected chi connectivity index (χ1v) is 12.3. The number of likely N-dealkylation sites (tertiary alicyclic amines) is 1. The molecular weight excluding hydrogens is 472 g/mol. The first-order chi connectivity index (χ1) is 18.1. The third-order valence-electron chi connectivity index (χ3n) is 6.56. The number of morpholine rings is 1. The van der Waals surface area contributed by atoms with Crippen LogP contribution in [-0.2, 0) is 4.74 Å². The fourth-order valence-electron chi connectivity index (χ4n) is 4.51. The van der Waals surface area contributed by atoms with Crippen molar-refractivity contribution in [2.24, 2.45) is 0 Å². The van der Waals surface area contributed by atoms with Gasteiger partial charge in [-0.1, -0.05) is 0 Å². The maximum Gasteiger partial charge on any atom is 0.407 e. The van der Waals surface area contributed by atoms with Gasteiger partial charge < -0.3 is 29.7 Å². The Morgan fingerprint density at radius 1 is 1.08 bits per heavy atom. The van der Waals surface area contributed by atoms with Crippen molar-refractivity contribution in [3.8, 4) is 23.1 Å². The standard InChI is InChI=1S/C27H28N6O4/c28-18-20-17-19(1-6-25(20)37-23-8-11-33(12-9-23)27(34)35)24-7-10-29-26(31-24)30-21-2-4-22(5-3-21)32-13-15-36-16-14-32/h1-7,10,17,23H,8-9,11-16H2,(H,34,35)(H,29,30,31). The van der Waals surface area contributed by atoms with Gasteiger partial charge in [0.1, 0.15) is 17.9 Å². The second-order valence-corrected chi connectivity index (χ2v) is 8.95. The topological polar surface area (TPSA) is 124 Å². The van der Waals surface area contributed by atoms with E-state index in [4.69, 9.17) is 14.6 Å². The zero-order valence-electron chi connectivity index (χ0n) is 20.3. The van der Waals surface area contributed by atoms with Gasteiger partial charge in [0.2, 0.25) is 5.95 Å². The second kappa shape index (κ2) is 11.1. The van der Waals surface area contributed by atoms with Crippen LogP contribution in [-0.4, -0.2) is 71.6 Å². The molecule has 0 bridgehead atoms. The van der Waals surface area contributed by atoms with Crippen LogP contribution in [0.3, 0.4) is 0 Å². The highest BCUT2D eigenvalue weighted by atomic mass is 16.5. The van der Waals surface area contributed by atoms with Crippen LogP contribution in [0.2, 0.25) is 0 Å². The number of nitrogens with zero attached hydrogens (tertiary/aromatic N) is 5. The van der Waals surface area contributed by atoms with Crippen molar-refractivity contribution >= 4 is 23.4 Å². The average Bonchev–Trinajstić information content (AvgIpc) is 2.94. The summed E-state index contributed by atoms with van der Waals surface area (Å²) in [5.41, 5.74) is 3.90. The van der Waals surface area contributed by atoms with E-state index in [9.17, 15) is 10.1 Å². The molecule has 0 saturated carbocycles. The van der Waals surface area contributed by atoms with Gasteiger partial charge in [0, 0.05) is 62.2 Å². The molecule has 0 unspecified atom stereocenters. The van der Waals surface area contributed by atoms with Crippen molar-refractivity contribution in [2.45, 2.75) is 18.9 Å². The van der Waals surface area contributed by atoms with Gasteiger partial charge in [-0.25, -0.2) is 14.8 Å². The predicted molar refractivity (Wildman–Crippen MR) is 138 cm³/mol. The van der Waals surface area contributed by atoms with Gasteiger partial charge in [-0.3, -0.25) is 0 Å². The zero-order chi connectivity index (χ0) is 25.6. The first-order valence-electron chi connectivity index (χ1n) is 12.3. The summed E-state index contributed by atoms with van der Waals surface area (Å²) < 4.78 is 11.5. The molecule has 2 aromatic carbocycles. The Hall–Kier alpha value is -4.36. The summed E-state index contributed by atoms with van der Waals surface area (Å²) in [6.45, 7) is 4.10. The fourth-order valence-corrected chi connectivity index (χ4v) is 4.51. The number of aromatic nitrogens is 2. The number of carbonyl (C=O) groups is 1. The monoisotopic (exact) mass is 500 g/mol. The number of nitriles is 1. The van der Waals surface area contributed by atoms with Crippen molar-refractivity contribution in [3.63, 3.8) is 0 Å². The van der Waals surface area contributed by atoms with Crippen LogP contribution >= 0.6 is 0 Å². The Labute approximate surface area is 215 Å². The highest BCUT2D eigenvalue weighted by molar-refractivity contribution is 5.67. The number of benzene rings is 2. The van der Waals surface area contributed by atoms with Crippen LogP contribution in [0.5, 0.6) is 5.75 Å². The zero-order valence-corrected chi connectivity index (χ0v) is 20.3. The molecule has 0 aliphatic carbocycles. The van der Waals surface area contributed by atoms with E-state index in [-0.39, 0.29) is 6.10 Å². The molecule has 0 atom stereocenters. The van der Waals surface area contributed by atoms with E-state index in [0.717, 1.165) is 43.2 Å². The molecule has 190 valence electrons. The minimum absolute atomic E-state index is 0.127. The molecule has 2 saturated heterocycles. The van der Waals surface area contributed by atoms with Crippen LogP contribution in [0.25, 0.3) is 11.3 Å². The highest BCUT2D eigenvalue weighted by Gasteiger charge is 2.24. The molecule has 2 aliphatic rings. The number of nitrogens with one attached hydrogen (secondary N) is 1. The minimum Gasteiger partial charge on any atom is -0.489 e. The van der Waals surface area contributed by atoms with Gasteiger partial charge in [-0.15, -0.1) is 0 Å². The van der Waals surface area contributed by atoms with Crippen LogP contribution in [0, 0.1) is 11.3 Å². The number of anilines is 3. The fraction of sp³-hybridized carbons (Fsp3) is 0.333. The van der Waals surface area contributed by atoms with E-state index < -0.39 is 6.09 Å². The molecule has 0 spiro atoms. The van der Waals surface area contributed by atoms with E-state index in [1.165, 1.54) is 4.90 Å². The molecule has 0 radical (unpaired) electrons. The number of amides is 1. The number of ether oxygens (including phenoxy) is 2. The second-order valence-electron chi connectivity index (χ2n) is 8.95. The van der Waals surface area contributed by atoms with Gasteiger partial charge in [0.05, 0.1) is 24.5 Å². The van der Waals surface area contributed by atoms with Crippen molar-refractivity contribution in [3.05, 3.63) is 60.3 Å². The lowest BCUT2D eigenvalue weighted by atomic mass is 10.1. The summed E-state index contributed by atoms with van der Waals surface area (Å²) in [5.74, 6) is 0.952. The van der Waals surface area contributed by atoms with E-state index >= 15 is 0 Å². The molecule has 3 heterocycles. The molecule has 2 N–H and O–H groups in total. The normalized spacial score (nSPS) is 16.2. The van der Waals surface area contributed by atoms with Crippen LogP contribution < -0.4 is 15.0 Å². The molecule has 2 aliphatic heterocycles. The Bertz CT molecular complexity index is 1280. The Morgan fingerprint density at radius 2 is 1.84 bits per heavy atom. The molecule has 1 aromatic heterocycles. The number of piperidine rings is 1. The van der Waals surface area contributed by atoms with Crippen LogP contribution in [0.4, 0.5) is 22.1 Å². The number of hydrogen-bond donors (Lipinski definition) is 2. The number of hydrogen-bond acceptors (Lipinski definition) is 8. The predicted octanol–water partition coefficient (Wildman–Crippen LogP) is 4.12. The van der Waals surface area contributed by atoms with E-state index in [1.807, 2.05) is 18.2 Å². The lowest BCUT2D eigenvalue weighted by Gasteiger charge is -2.30. The molecule has 10 heteroatoms. The van der Waals surface area contributed by atoms with Crippen molar-refractivity contribution < 1.29 is 19.4 Å². The van der Waals surface area contributed by atoms with Gasteiger partial charge in [0.25, 0.3) is 0 Å². The summed E-state index contributed by atoms with van der Waals surface area (Å²) in [4.78, 5) is 23.8. The Morgan fingerprint density at radius 3 is 2.54 bits per heavy atom. The molecule has 5 rings (SSSR count). The number of carboxylic acid groups (broad SMARTS) is 1. The average molecular weight is 501 g/mol. The molecule has 3 aromatic rings. The Kier molecular flexibility index (Phi) is 7.33. The third-order valence-corrected chi connectivity index (χ3v) is 6.56. The lowest BCUT2D eigenvalue weighted by molar-refractivity contribution is 0.0893. The maximum atomic E-state index is 11.1. The van der Waals surface area contributed by atoms with Crippen molar-refractivity contribution in [1.82, 2.24) is 14.9 Å². The quantitative estimate of drug-likeness (QED) is 0.514. The molecule has 2 fully saturated rings. The largest absolute Gasteiger partial charge is 0.489 e. The van der Waals surface area contributed by atoms with Crippen molar-refractivity contribution in [2.75, 3.05) is 49.6 Å². The van der Waals surface area contributed by atoms with Crippen molar-refractivity contribution in [1.29, 1.82) is 5.26 Å². The van der Waals surface area contributed by atoms with E-state index in [0.29, 0.717) is 48.9 Å². The molecule has 37 heavy (non-hydrogen) atoms. The van der Waals surface area contributed by atoms with E-state index in [1.54, 1.807) is 24.4 Å². The molecule has 10 nitrogen and oxygen atoms in total. The summed E-state index contributed by atoms with van der Waals surface area (Å²) in [5, 5.41) is 22.1. The van der Waals surface area contributed by atoms with Crippen LogP contribution in [0.1, 0.15) is 18.4 Å². The third kappa shape index (κ3) is 5.90. The summed E-state index contributed by atoms with van der Waals surface area (Å²) in [6.07, 6.45) is 1.82. The van der Waals surface area contributed by atoms with Gasteiger partial charge in [-0.05, 0) is 48.5 Å². The summed E-state index contributed by atoms with van der Waals surface area (Å²) in [7, 11) is 0.